The van der Waals surface area contributed by atoms with Crippen molar-refractivity contribution in [2.45, 2.75) is 0 Å². The van der Waals surface area contributed by atoms with Gasteiger partial charge in [-0.2, -0.15) is 0 Å². The van der Waals surface area contributed by atoms with E-state index in [-0.39, 0.29) is 0 Å². The zero-order chi connectivity index (χ0) is 16.4. The topological polar surface area (TPSA) is 17.3 Å². The Balaban J connectivity index is 1.72. The monoisotopic (exact) mass is 422 g/mol. The van der Waals surface area contributed by atoms with E-state index in [9.17, 15) is 0 Å². The number of rotatable bonds is 3. The molecule has 3 aromatic carbocycles. The van der Waals surface area contributed by atoms with Crippen LogP contribution in [0.2, 0.25) is 0 Å². The highest BCUT2D eigenvalue weighted by Gasteiger charge is 2.03. The lowest BCUT2D eigenvalue weighted by Crippen LogP contribution is -1.97. The number of hydrogen-bond acceptors (Lipinski definition) is 1. The van der Waals surface area contributed by atoms with Gasteiger partial charge >= 0.3 is 0 Å². The van der Waals surface area contributed by atoms with Crippen molar-refractivity contribution in [3.8, 4) is 5.69 Å². The third kappa shape index (κ3) is 2.99. The lowest BCUT2D eigenvalue weighted by atomic mass is 10.1. The minimum atomic E-state index is 0.990. The first-order chi connectivity index (χ1) is 11.8. The van der Waals surface area contributed by atoms with Crippen LogP contribution in [0.1, 0.15) is 5.69 Å². The molecule has 0 N–H and O–H groups in total. The van der Waals surface area contributed by atoms with Crippen molar-refractivity contribution >= 4 is 45.3 Å². The minimum absolute atomic E-state index is 0.990. The summed E-state index contributed by atoms with van der Waals surface area (Å²) >= 11 is 2.31. The van der Waals surface area contributed by atoms with E-state index in [2.05, 4.69) is 92.9 Å². The number of halogens is 1. The molecular weight excluding hydrogens is 407 g/mol. The predicted octanol–water partition coefficient (Wildman–Crippen LogP) is 5.99. The molecule has 3 heteroatoms. The maximum absolute atomic E-state index is 4.64. The van der Waals surface area contributed by atoms with Crippen LogP contribution in [0.5, 0.6) is 0 Å². The van der Waals surface area contributed by atoms with Gasteiger partial charge in [-0.25, -0.2) is 0 Å². The molecule has 0 saturated carbocycles. The van der Waals surface area contributed by atoms with Crippen LogP contribution in [0.3, 0.4) is 0 Å². The van der Waals surface area contributed by atoms with E-state index in [1.807, 2.05) is 30.5 Å². The maximum atomic E-state index is 4.64. The molecule has 0 radical (unpaired) electrons. The first kappa shape index (κ1) is 15.1. The molecule has 1 aromatic heterocycles. The number of para-hydroxylation sites is 1. The summed E-state index contributed by atoms with van der Waals surface area (Å²) in [6, 6.07) is 27.2. The van der Waals surface area contributed by atoms with E-state index in [0.29, 0.717) is 0 Å². The lowest BCUT2D eigenvalue weighted by Gasteiger charge is -2.08. The van der Waals surface area contributed by atoms with Crippen molar-refractivity contribution in [1.29, 1.82) is 0 Å². The van der Waals surface area contributed by atoms with Gasteiger partial charge in [0, 0.05) is 15.5 Å². The largest absolute Gasteiger partial charge is 0.316 e. The fourth-order valence-corrected chi connectivity index (χ4v) is 3.28. The molecule has 4 aromatic rings. The predicted molar refractivity (Wildman–Crippen MR) is 110 cm³/mol. The SMILES string of the molecule is Ic1ccccc1N=Cc1cccn1-c1ccc2ccccc2c1. The van der Waals surface area contributed by atoms with Crippen molar-refractivity contribution in [2.24, 2.45) is 4.99 Å². The van der Waals surface area contributed by atoms with Gasteiger partial charge in [0.25, 0.3) is 0 Å². The zero-order valence-corrected chi connectivity index (χ0v) is 15.1. The van der Waals surface area contributed by atoms with Crippen LogP contribution in [0, 0.1) is 3.57 Å². The highest BCUT2D eigenvalue weighted by molar-refractivity contribution is 14.1. The Kier molecular flexibility index (Phi) is 4.17. The molecule has 116 valence electrons. The molecule has 2 nitrogen and oxygen atoms in total. The molecule has 1 heterocycles. The van der Waals surface area contributed by atoms with Crippen LogP contribution in [0.4, 0.5) is 5.69 Å². The molecule has 4 rings (SSSR count). The van der Waals surface area contributed by atoms with Crippen molar-refractivity contribution in [3.63, 3.8) is 0 Å². The Morgan fingerprint density at radius 2 is 1.58 bits per heavy atom. The van der Waals surface area contributed by atoms with Crippen LogP contribution < -0.4 is 0 Å². The second-order valence-corrected chi connectivity index (χ2v) is 6.71. The first-order valence-corrected chi connectivity index (χ1v) is 8.84. The zero-order valence-electron chi connectivity index (χ0n) is 12.9. The number of fused-ring (bicyclic) bond motifs is 1. The number of hydrogen-bond donors (Lipinski definition) is 0. The molecule has 0 saturated heterocycles. The van der Waals surface area contributed by atoms with E-state index in [0.717, 1.165) is 20.6 Å². The normalized spacial score (nSPS) is 11.4. The molecule has 0 atom stereocenters. The summed E-state index contributed by atoms with van der Waals surface area (Å²) in [6.07, 6.45) is 3.99. The van der Waals surface area contributed by atoms with Crippen molar-refractivity contribution < 1.29 is 0 Å². The van der Waals surface area contributed by atoms with E-state index < -0.39 is 0 Å². The summed E-state index contributed by atoms with van der Waals surface area (Å²) in [5, 5.41) is 2.49. The fraction of sp³-hybridized carbons (Fsp3) is 0. The number of nitrogens with zero attached hydrogens (tertiary/aromatic N) is 2. The van der Waals surface area contributed by atoms with Gasteiger partial charge < -0.3 is 4.57 Å². The van der Waals surface area contributed by atoms with Gasteiger partial charge in [-0.05, 0) is 69.8 Å². The van der Waals surface area contributed by atoms with E-state index in [1.165, 1.54) is 10.8 Å². The minimum Gasteiger partial charge on any atom is -0.316 e. The van der Waals surface area contributed by atoms with E-state index in [1.54, 1.807) is 0 Å². The summed E-state index contributed by atoms with van der Waals surface area (Å²) in [5.41, 5.74) is 3.19. The van der Waals surface area contributed by atoms with Gasteiger partial charge in [0.1, 0.15) is 0 Å². The molecule has 24 heavy (non-hydrogen) atoms. The van der Waals surface area contributed by atoms with Crippen LogP contribution in [0.15, 0.2) is 90.1 Å². The quantitative estimate of drug-likeness (QED) is 0.285. The lowest BCUT2D eigenvalue weighted by molar-refractivity contribution is 1.07. The Morgan fingerprint density at radius 1 is 0.792 bits per heavy atom. The average Bonchev–Trinajstić information content (AvgIpc) is 3.09. The Labute approximate surface area is 154 Å². The fourth-order valence-electron chi connectivity index (χ4n) is 2.75. The summed E-state index contributed by atoms with van der Waals surface area (Å²) in [5.74, 6) is 0. The smallest absolute Gasteiger partial charge is 0.0763 e. The molecule has 0 aliphatic heterocycles. The van der Waals surface area contributed by atoms with Crippen molar-refractivity contribution in [1.82, 2.24) is 4.57 Å². The molecule has 0 spiro atoms. The summed E-state index contributed by atoms with van der Waals surface area (Å²) < 4.78 is 3.31. The molecule has 0 amide bonds. The van der Waals surface area contributed by atoms with Gasteiger partial charge in [-0.1, -0.05) is 42.5 Å². The van der Waals surface area contributed by atoms with Crippen LogP contribution in [0.25, 0.3) is 16.5 Å². The molecule has 0 bridgehead atoms. The molecule has 0 aliphatic rings. The third-order valence-corrected chi connectivity index (χ3v) is 4.89. The van der Waals surface area contributed by atoms with Gasteiger partial charge in [-0.15, -0.1) is 0 Å². The van der Waals surface area contributed by atoms with Crippen LogP contribution in [-0.2, 0) is 0 Å². The third-order valence-electron chi connectivity index (χ3n) is 3.98. The summed E-state index contributed by atoms with van der Waals surface area (Å²) in [7, 11) is 0. The number of benzene rings is 3. The van der Waals surface area contributed by atoms with Crippen LogP contribution in [-0.4, -0.2) is 10.8 Å². The molecule has 0 aliphatic carbocycles. The average molecular weight is 422 g/mol. The van der Waals surface area contributed by atoms with Gasteiger partial charge in [-0.3, -0.25) is 4.99 Å². The highest BCUT2D eigenvalue weighted by atomic mass is 127. The van der Waals surface area contributed by atoms with Gasteiger partial charge in [0.05, 0.1) is 17.6 Å². The van der Waals surface area contributed by atoms with Crippen molar-refractivity contribution in [3.05, 3.63) is 94.3 Å². The maximum Gasteiger partial charge on any atom is 0.0763 e. The first-order valence-electron chi connectivity index (χ1n) is 7.76. The second-order valence-electron chi connectivity index (χ2n) is 5.54. The van der Waals surface area contributed by atoms with Crippen LogP contribution >= 0.6 is 22.6 Å². The van der Waals surface area contributed by atoms with Gasteiger partial charge in [0.15, 0.2) is 0 Å². The summed E-state index contributed by atoms with van der Waals surface area (Å²) in [6.45, 7) is 0. The number of aliphatic imine (C=N–C) groups is 1. The Bertz CT molecular complexity index is 1030. The standard InChI is InChI=1S/C21H15IN2/c22-20-9-3-4-10-21(20)23-15-19-8-5-13-24(19)18-12-11-16-6-1-2-7-17(16)14-18/h1-15H. The Hall–Kier alpha value is -2.40. The van der Waals surface area contributed by atoms with E-state index in [4.69, 9.17) is 0 Å². The highest BCUT2D eigenvalue weighted by Crippen LogP contribution is 2.22. The molecular formula is C21H15IN2. The second kappa shape index (κ2) is 6.61. The molecule has 0 fully saturated rings. The Morgan fingerprint density at radius 3 is 2.46 bits per heavy atom. The summed E-state index contributed by atoms with van der Waals surface area (Å²) in [4.78, 5) is 4.64. The number of aromatic nitrogens is 1. The van der Waals surface area contributed by atoms with Gasteiger partial charge in [0.2, 0.25) is 0 Å². The van der Waals surface area contributed by atoms with Crippen molar-refractivity contribution in [2.75, 3.05) is 0 Å². The van der Waals surface area contributed by atoms with E-state index >= 15 is 0 Å². The molecule has 0 unspecified atom stereocenters.